The van der Waals surface area contributed by atoms with Gasteiger partial charge in [-0.15, -0.1) is 0 Å². The summed E-state index contributed by atoms with van der Waals surface area (Å²) in [5.41, 5.74) is 4.75. The van der Waals surface area contributed by atoms with Crippen LogP contribution in [0.1, 0.15) is 68.9 Å². The number of carbonyl (C=O) groups excluding carboxylic acids is 2. The highest BCUT2D eigenvalue weighted by Gasteiger charge is 2.28. The van der Waals surface area contributed by atoms with Gasteiger partial charge in [0, 0.05) is 24.9 Å². The number of fused-ring (bicyclic) bond motifs is 3. The number of carboxylic acids is 1. The second-order valence-electron chi connectivity index (χ2n) is 8.71. The van der Waals surface area contributed by atoms with E-state index < -0.39 is 12.1 Å². The molecule has 0 radical (unpaired) electrons. The summed E-state index contributed by atoms with van der Waals surface area (Å²) >= 11 is 0. The highest BCUT2D eigenvalue weighted by Crippen LogP contribution is 2.44. The van der Waals surface area contributed by atoms with E-state index in [9.17, 15) is 14.4 Å². The summed E-state index contributed by atoms with van der Waals surface area (Å²) < 4.78 is 5.52. The number of hydrogen-bond acceptors (Lipinski definition) is 4. The molecule has 1 aliphatic rings. The molecule has 3 N–H and O–H groups in total. The van der Waals surface area contributed by atoms with Crippen molar-refractivity contribution in [2.75, 3.05) is 13.2 Å². The zero-order valence-corrected chi connectivity index (χ0v) is 19.7. The number of amides is 2. The molecule has 2 aromatic rings. The minimum atomic E-state index is -0.905. The first kappa shape index (κ1) is 25.3. The summed E-state index contributed by atoms with van der Waals surface area (Å²) in [4.78, 5) is 35.1. The zero-order valence-electron chi connectivity index (χ0n) is 19.7. The monoisotopic (exact) mass is 466 g/mol. The molecule has 0 saturated carbocycles. The first-order valence-electron chi connectivity index (χ1n) is 12.1. The number of carbonyl (C=O) groups is 3. The second kappa shape index (κ2) is 12.8. The number of hydrogen-bond donors (Lipinski definition) is 3. The van der Waals surface area contributed by atoms with Crippen molar-refractivity contribution in [3.63, 3.8) is 0 Å². The molecule has 0 saturated heterocycles. The Morgan fingerprint density at radius 1 is 0.971 bits per heavy atom. The predicted octanol–water partition coefficient (Wildman–Crippen LogP) is 4.85. The van der Waals surface area contributed by atoms with E-state index >= 15 is 0 Å². The lowest BCUT2D eigenvalue weighted by Gasteiger charge is -2.16. The summed E-state index contributed by atoms with van der Waals surface area (Å²) in [7, 11) is 0. The Morgan fingerprint density at radius 2 is 1.62 bits per heavy atom. The number of unbranched alkanes of at least 4 members (excludes halogenated alkanes) is 2. The van der Waals surface area contributed by atoms with E-state index in [0.717, 1.165) is 19.3 Å². The molecule has 7 heteroatoms. The van der Waals surface area contributed by atoms with E-state index in [1.54, 1.807) is 0 Å². The summed E-state index contributed by atoms with van der Waals surface area (Å²) in [6.45, 7) is 2.73. The SMILES string of the molecule is CCCC(CC(=O)O)NC(=O)CCCCCNC(=O)OCC1c2ccccc2-c2ccccc21. The van der Waals surface area contributed by atoms with Gasteiger partial charge in [-0.25, -0.2) is 4.79 Å². The van der Waals surface area contributed by atoms with Gasteiger partial charge in [-0.05, 0) is 41.5 Å². The van der Waals surface area contributed by atoms with Crippen molar-refractivity contribution in [1.82, 2.24) is 10.6 Å². The van der Waals surface area contributed by atoms with Gasteiger partial charge in [-0.2, -0.15) is 0 Å². The largest absolute Gasteiger partial charge is 0.481 e. The average Bonchev–Trinajstić information content (AvgIpc) is 3.13. The van der Waals surface area contributed by atoms with Crippen molar-refractivity contribution >= 4 is 18.0 Å². The molecule has 182 valence electrons. The van der Waals surface area contributed by atoms with Crippen LogP contribution < -0.4 is 10.6 Å². The Hall–Kier alpha value is -3.35. The van der Waals surface area contributed by atoms with Crippen LogP contribution in [0.25, 0.3) is 11.1 Å². The molecule has 1 unspecified atom stereocenters. The number of carboxylic acid groups (broad SMARTS) is 1. The van der Waals surface area contributed by atoms with Crippen LogP contribution >= 0.6 is 0 Å². The molecule has 0 heterocycles. The third-order valence-corrected chi connectivity index (χ3v) is 6.12. The molecular formula is C27H34N2O5. The van der Waals surface area contributed by atoms with E-state index in [1.807, 2.05) is 31.2 Å². The molecule has 0 spiro atoms. The molecule has 0 aliphatic heterocycles. The Labute approximate surface area is 200 Å². The van der Waals surface area contributed by atoms with E-state index in [1.165, 1.54) is 22.3 Å². The number of alkyl carbamates (subject to hydrolysis) is 1. The summed E-state index contributed by atoms with van der Waals surface area (Å²) in [6, 6.07) is 16.1. The molecular weight excluding hydrogens is 432 g/mol. The van der Waals surface area contributed by atoms with Crippen LogP contribution in [-0.2, 0) is 14.3 Å². The van der Waals surface area contributed by atoms with E-state index in [2.05, 4.69) is 34.9 Å². The van der Waals surface area contributed by atoms with Gasteiger partial charge < -0.3 is 20.5 Å². The summed E-state index contributed by atoms with van der Waals surface area (Å²) in [6.07, 6.45) is 3.55. The lowest BCUT2D eigenvalue weighted by molar-refractivity contribution is -0.137. The van der Waals surface area contributed by atoms with Crippen LogP contribution in [0, 0.1) is 0 Å². The molecule has 0 aromatic heterocycles. The zero-order chi connectivity index (χ0) is 24.3. The number of rotatable bonds is 13. The third-order valence-electron chi connectivity index (χ3n) is 6.12. The first-order chi connectivity index (χ1) is 16.5. The molecule has 7 nitrogen and oxygen atoms in total. The minimum absolute atomic E-state index is 0.0364. The Balaban J connectivity index is 1.32. The molecule has 3 rings (SSSR count). The summed E-state index contributed by atoms with van der Waals surface area (Å²) in [5.74, 6) is -0.989. The van der Waals surface area contributed by atoms with Crippen molar-refractivity contribution < 1.29 is 24.2 Å². The maximum absolute atomic E-state index is 12.2. The predicted molar refractivity (Wildman–Crippen MR) is 131 cm³/mol. The number of aliphatic carboxylic acids is 1. The standard InChI is InChI=1S/C27H34N2O5/c1-2-10-19(17-26(31)32)29-25(30)15-4-3-9-16-28-27(33)34-18-24-22-13-7-5-11-20(22)21-12-6-8-14-23(21)24/h5-8,11-14,19,24H,2-4,9-10,15-18H2,1H3,(H,28,33)(H,29,30)(H,31,32). The number of ether oxygens (including phenoxy) is 1. The minimum Gasteiger partial charge on any atom is -0.481 e. The Bertz CT molecular complexity index is 945. The van der Waals surface area contributed by atoms with Gasteiger partial charge in [-0.1, -0.05) is 68.3 Å². The van der Waals surface area contributed by atoms with E-state index in [4.69, 9.17) is 9.84 Å². The van der Waals surface area contributed by atoms with Crippen LogP contribution in [0.15, 0.2) is 48.5 Å². The van der Waals surface area contributed by atoms with Crippen molar-refractivity contribution in [2.45, 2.75) is 63.8 Å². The topological polar surface area (TPSA) is 105 Å². The van der Waals surface area contributed by atoms with Gasteiger partial charge in [0.05, 0.1) is 6.42 Å². The van der Waals surface area contributed by atoms with Gasteiger partial charge in [0.15, 0.2) is 0 Å². The number of nitrogens with one attached hydrogen (secondary N) is 2. The molecule has 2 amide bonds. The van der Waals surface area contributed by atoms with Crippen LogP contribution in [0.2, 0.25) is 0 Å². The molecule has 2 aromatic carbocycles. The van der Waals surface area contributed by atoms with Crippen LogP contribution in [0.5, 0.6) is 0 Å². The lowest BCUT2D eigenvalue weighted by atomic mass is 9.98. The Kier molecular flexibility index (Phi) is 9.50. The maximum atomic E-state index is 12.2. The molecule has 1 aliphatic carbocycles. The van der Waals surface area contributed by atoms with Crippen molar-refractivity contribution in [3.8, 4) is 11.1 Å². The summed E-state index contributed by atoms with van der Waals surface area (Å²) in [5, 5.41) is 14.5. The van der Waals surface area contributed by atoms with Crippen molar-refractivity contribution in [3.05, 3.63) is 59.7 Å². The van der Waals surface area contributed by atoms with E-state index in [0.29, 0.717) is 25.8 Å². The van der Waals surface area contributed by atoms with Crippen molar-refractivity contribution in [2.24, 2.45) is 0 Å². The highest BCUT2D eigenvalue weighted by molar-refractivity contribution is 5.79. The van der Waals surface area contributed by atoms with Crippen LogP contribution in [0.3, 0.4) is 0 Å². The van der Waals surface area contributed by atoms with Gasteiger partial charge in [0.1, 0.15) is 6.61 Å². The van der Waals surface area contributed by atoms with Gasteiger partial charge in [0.25, 0.3) is 0 Å². The molecule has 1 atom stereocenters. The lowest BCUT2D eigenvalue weighted by Crippen LogP contribution is -2.36. The quantitative estimate of drug-likeness (QED) is 0.366. The third kappa shape index (κ3) is 7.07. The normalized spacial score (nSPS) is 13.0. The van der Waals surface area contributed by atoms with Crippen molar-refractivity contribution in [1.29, 1.82) is 0 Å². The van der Waals surface area contributed by atoms with E-state index in [-0.39, 0.29) is 30.9 Å². The first-order valence-corrected chi connectivity index (χ1v) is 12.1. The van der Waals surface area contributed by atoms with Gasteiger partial charge >= 0.3 is 12.1 Å². The maximum Gasteiger partial charge on any atom is 0.407 e. The second-order valence-corrected chi connectivity index (χ2v) is 8.71. The number of benzene rings is 2. The van der Waals surface area contributed by atoms with Crippen LogP contribution in [-0.4, -0.2) is 42.3 Å². The molecule has 0 bridgehead atoms. The molecule has 34 heavy (non-hydrogen) atoms. The fourth-order valence-electron chi connectivity index (χ4n) is 4.51. The van der Waals surface area contributed by atoms with Gasteiger partial charge in [0.2, 0.25) is 5.91 Å². The van der Waals surface area contributed by atoms with Gasteiger partial charge in [-0.3, -0.25) is 9.59 Å². The Morgan fingerprint density at radius 3 is 2.24 bits per heavy atom. The smallest absolute Gasteiger partial charge is 0.407 e. The fraction of sp³-hybridized carbons (Fsp3) is 0.444. The van der Waals surface area contributed by atoms with Crippen LogP contribution in [0.4, 0.5) is 4.79 Å². The molecule has 0 fully saturated rings. The average molecular weight is 467 g/mol. The highest BCUT2D eigenvalue weighted by atomic mass is 16.5. The fourth-order valence-corrected chi connectivity index (χ4v) is 4.51.